The van der Waals surface area contributed by atoms with Crippen molar-refractivity contribution in [1.29, 1.82) is 0 Å². The van der Waals surface area contributed by atoms with Gasteiger partial charge >= 0.3 is 0 Å². The Morgan fingerprint density at radius 3 is 2.90 bits per heavy atom. The van der Waals surface area contributed by atoms with E-state index in [-0.39, 0.29) is 6.04 Å². The Labute approximate surface area is 66.7 Å². The average Bonchev–Trinajstić information content (AvgIpc) is 1.94. The maximum Gasteiger partial charge on any atom is 0.0489 e. The van der Waals surface area contributed by atoms with E-state index >= 15 is 0 Å². The number of hydrogen-bond donors (Lipinski definition) is 2. The molecule has 0 spiro atoms. The van der Waals surface area contributed by atoms with Gasteiger partial charge in [-0.1, -0.05) is 23.8 Å². The normalized spacial score (nSPS) is 28.9. The molecule has 2 heteroatoms. The zero-order valence-electron chi connectivity index (χ0n) is 5.91. The van der Waals surface area contributed by atoms with Gasteiger partial charge in [0.1, 0.15) is 0 Å². The second kappa shape index (κ2) is 3.08. The van der Waals surface area contributed by atoms with Crippen LogP contribution in [0.25, 0.3) is 0 Å². The quantitative estimate of drug-likeness (QED) is 0.508. The van der Waals surface area contributed by atoms with Gasteiger partial charge in [-0.3, -0.25) is 0 Å². The van der Waals surface area contributed by atoms with Gasteiger partial charge < -0.3 is 5.73 Å². The van der Waals surface area contributed by atoms with Crippen LogP contribution < -0.4 is 5.73 Å². The molecule has 0 radical (unpaired) electrons. The van der Waals surface area contributed by atoms with Crippen molar-refractivity contribution in [3.63, 3.8) is 0 Å². The molecule has 0 aliphatic heterocycles. The van der Waals surface area contributed by atoms with Crippen molar-refractivity contribution in [3.05, 3.63) is 34.8 Å². The number of thiol groups is 1. The second-order valence-corrected chi connectivity index (χ2v) is 2.66. The van der Waals surface area contributed by atoms with Gasteiger partial charge in [0.25, 0.3) is 0 Å². The third kappa shape index (κ3) is 1.52. The molecular weight excluding hydrogens is 142 g/mol. The summed E-state index contributed by atoms with van der Waals surface area (Å²) in [4.78, 5) is 0. The monoisotopic (exact) mass is 153 g/mol. The lowest BCUT2D eigenvalue weighted by molar-refractivity contribution is 0.967. The molecule has 0 bridgehead atoms. The molecular formula is C8H11NS. The van der Waals surface area contributed by atoms with Crippen molar-refractivity contribution in [1.82, 2.24) is 0 Å². The number of rotatable bonds is 0. The third-order valence-electron chi connectivity index (χ3n) is 1.49. The predicted octanol–water partition coefficient (Wildman–Crippen LogP) is 1.64. The van der Waals surface area contributed by atoms with E-state index in [1.807, 2.05) is 25.2 Å². The standard InChI is InChI=1S/C8H11NS/c1-6-2-3-8(9)7(4-6)5-10/h2-5,8,10H,9H2,1H3/b7-5-. The maximum atomic E-state index is 5.70. The van der Waals surface area contributed by atoms with Gasteiger partial charge in [0.2, 0.25) is 0 Å². The summed E-state index contributed by atoms with van der Waals surface area (Å²) < 4.78 is 0. The highest BCUT2D eigenvalue weighted by molar-refractivity contribution is 7.83. The van der Waals surface area contributed by atoms with Crippen LogP contribution in [-0.2, 0) is 0 Å². The van der Waals surface area contributed by atoms with Gasteiger partial charge in [0.15, 0.2) is 0 Å². The SMILES string of the molecule is CC1=C/C(=C/S)C(N)C=C1. The van der Waals surface area contributed by atoms with E-state index in [9.17, 15) is 0 Å². The Morgan fingerprint density at radius 1 is 1.70 bits per heavy atom. The van der Waals surface area contributed by atoms with Crippen molar-refractivity contribution in [2.24, 2.45) is 5.73 Å². The fraction of sp³-hybridized carbons (Fsp3) is 0.250. The first-order valence-corrected chi connectivity index (χ1v) is 3.72. The van der Waals surface area contributed by atoms with Crippen LogP contribution in [0.4, 0.5) is 0 Å². The summed E-state index contributed by atoms with van der Waals surface area (Å²) in [7, 11) is 0. The predicted molar refractivity (Wildman–Crippen MR) is 47.9 cm³/mol. The molecule has 2 N–H and O–H groups in total. The number of hydrogen-bond acceptors (Lipinski definition) is 2. The molecule has 0 saturated carbocycles. The highest BCUT2D eigenvalue weighted by Crippen LogP contribution is 2.14. The summed E-state index contributed by atoms with van der Waals surface area (Å²) >= 11 is 4.04. The van der Waals surface area contributed by atoms with Crippen LogP contribution in [0, 0.1) is 0 Å². The molecule has 0 amide bonds. The zero-order chi connectivity index (χ0) is 7.56. The molecule has 0 aromatic carbocycles. The van der Waals surface area contributed by atoms with Crippen molar-refractivity contribution >= 4 is 12.6 Å². The highest BCUT2D eigenvalue weighted by Gasteiger charge is 2.05. The van der Waals surface area contributed by atoms with Gasteiger partial charge in [0, 0.05) is 6.04 Å². The van der Waals surface area contributed by atoms with Gasteiger partial charge in [-0.2, -0.15) is 12.6 Å². The number of nitrogens with two attached hydrogens (primary N) is 1. The van der Waals surface area contributed by atoms with Crippen LogP contribution in [-0.4, -0.2) is 6.04 Å². The zero-order valence-corrected chi connectivity index (χ0v) is 6.81. The lowest BCUT2D eigenvalue weighted by atomic mass is 10.0. The highest BCUT2D eigenvalue weighted by atomic mass is 32.1. The molecule has 1 unspecified atom stereocenters. The van der Waals surface area contributed by atoms with Crippen LogP contribution >= 0.6 is 12.6 Å². The van der Waals surface area contributed by atoms with E-state index in [0.29, 0.717) is 0 Å². The first-order valence-electron chi connectivity index (χ1n) is 3.20. The van der Waals surface area contributed by atoms with Crippen molar-refractivity contribution in [2.75, 3.05) is 0 Å². The topological polar surface area (TPSA) is 26.0 Å². The molecule has 0 aromatic rings. The summed E-state index contributed by atoms with van der Waals surface area (Å²) in [5.41, 5.74) is 8.00. The Balaban J connectivity index is 2.88. The Kier molecular flexibility index (Phi) is 2.35. The number of allylic oxidation sites excluding steroid dienone is 2. The van der Waals surface area contributed by atoms with Crippen LogP contribution in [0.2, 0.25) is 0 Å². The molecule has 0 aromatic heterocycles. The molecule has 10 heavy (non-hydrogen) atoms. The van der Waals surface area contributed by atoms with Gasteiger partial charge in [0.05, 0.1) is 0 Å². The van der Waals surface area contributed by atoms with Crippen LogP contribution in [0.1, 0.15) is 6.92 Å². The average molecular weight is 153 g/mol. The van der Waals surface area contributed by atoms with Crippen molar-refractivity contribution in [3.8, 4) is 0 Å². The second-order valence-electron chi connectivity index (χ2n) is 2.40. The molecule has 0 saturated heterocycles. The van der Waals surface area contributed by atoms with Crippen LogP contribution in [0.15, 0.2) is 34.8 Å². The van der Waals surface area contributed by atoms with E-state index in [2.05, 4.69) is 12.6 Å². The van der Waals surface area contributed by atoms with E-state index in [4.69, 9.17) is 5.73 Å². The molecule has 1 rings (SSSR count). The first kappa shape index (κ1) is 7.63. The first-order chi connectivity index (χ1) is 4.74. The summed E-state index contributed by atoms with van der Waals surface area (Å²) in [6.07, 6.45) is 6.03. The fourth-order valence-electron chi connectivity index (χ4n) is 0.897. The van der Waals surface area contributed by atoms with E-state index in [1.54, 1.807) is 5.41 Å². The summed E-state index contributed by atoms with van der Waals surface area (Å²) in [5.74, 6) is 0. The minimum Gasteiger partial charge on any atom is -0.321 e. The van der Waals surface area contributed by atoms with E-state index < -0.39 is 0 Å². The molecule has 54 valence electrons. The van der Waals surface area contributed by atoms with Crippen LogP contribution in [0.5, 0.6) is 0 Å². The lowest BCUT2D eigenvalue weighted by Gasteiger charge is -2.12. The molecule has 1 aliphatic carbocycles. The smallest absolute Gasteiger partial charge is 0.0489 e. The Morgan fingerprint density at radius 2 is 2.40 bits per heavy atom. The molecule has 1 nitrogen and oxygen atoms in total. The summed E-state index contributed by atoms with van der Waals surface area (Å²) in [6.45, 7) is 2.04. The van der Waals surface area contributed by atoms with Crippen LogP contribution in [0.3, 0.4) is 0 Å². The lowest BCUT2D eigenvalue weighted by Crippen LogP contribution is -2.20. The summed E-state index contributed by atoms with van der Waals surface area (Å²) in [6, 6.07) is 0.0289. The Bertz CT molecular complexity index is 213. The largest absolute Gasteiger partial charge is 0.321 e. The summed E-state index contributed by atoms with van der Waals surface area (Å²) in [5, 5.41) is 1.75. The minimum absolute atomic E-state index is 0.0289. The minimum atomic E-state index is 0.0289. The molecule has 0 heterocycles. The van der Waals surface area contributed by atoms with E-state index in [0.717, 1.165) is 5.57 Å². The van der Waals surface area contributed by atoms with Crippen molar-refractivity contribution in [2.45, 2.75) is 13.0 Å². The fourth-order valence-corrected chi connectivity index (χ4v) is 1.14. The molecule has 1 atom stereocenters. The van der Waals surface area contributed by atoms with Gasteiger partial charge in [-0.05, 0) is 17.9 Å². The molecule has 1 aliphatic rings. The van der Waals surface area contributed by atoms with Crippen molar-refractivity contribution < 1.29 is 0 Å². The molecule has 0 fully saturated rings. The third-order valence-corrected chi connectivity index (χ3v) is 1.79. The van der Waals surface area contributed by atoms with Gasteiger partial charge in [-0.15, -0.1) is 0 Å². The maximum absolute atomic E-state index is 5.70. The Hall–Kier alpha value is -0.470. The van der Waals surface area contributed by atoms with E-state index in [1.165, 1.54) is 5.57 Å². The van der Waals surface area contributed by atoms with Gasteiger partial charge in [-0.25, -0.2) is 0 Å².